The number of sulfonamides is 1. The average molecular weight is 369 g/mol. The van der Waals surface area contributed by atoms with Gasteiger partial charge in [-0.05, 0) is 31.5 Å². The van der Waals surface area contributed by atoms with E-state index in [2.05, 4.69) is 9.97 Å². The highest BCUT2D eigenvalue weighted by molar-refractivity contribution is 7.89. The molecule has 0 saturated carbocycles. The molecule has 0 unspecified atom stereocenters. The van der Waals surface area contributed by atoms with Gasteiger partial charge in [-0.1, -0.05) is 6.92 Å². The fraction of sp³-hybridized carbons (Fsp3) is 0.400. The monoisotopic (exact) mass is 369 g/mol. The highest BCUT2D eigenvalue weighted by Crippen LogP contribution is 2.19. The van der Waals surface area contributed by atoms with Crippen LogP contribution in [-0.4, -0.2) is 48.4 Å². The smallest absolute Gasteiger partial charge is 0.321 e. The first kappa shape index (κ1) is 18.9. The molecule has 136 valence electrons. The molecule has 0 atom stereocenters. The number of nitrogens with one attached hydrogen (secondary N) is 2. The number of rotatable bonds is 7. The summed E-state index contributed by atoms with van der Waals surface area (Å²) in [7, 11) is -3.97. The van der Waals surface area contributed by atoms with Gasteiger partial charge in [-0.3, -0.25) is 14.4 Å². The summed E-state index contributed by atoms with van der Waals surface area (Å²) in [6, 6.07) is 3.93. The quantitative estimate of drug-likeness (QED) is 0.529. The third kappa shape index (κ3) is 4.15. The molecule has 1 heterocycles. The minimum absolute atomic E-state index is 0.0968. The van der Waals surface area contributed by atoms with E-state index in [4.69, 9.17) is 4.74 Å². The Morgan fingerprint density at radius 3 is 2.36 bits per heavy atom. The predicted molar refractivity (Wildman–Crippen MR) is 90.9 cm³/mol. The van der Waals surface area contributed by atoms with Crippen molar-refractivity contribution >= 4 is 27.0 Å². The number of fused-ring (bicyclic) bond motifs is 1. The van der Waals surface area contributed by atoms with Crippen molar-refractivity contribution in [3.05, 3.63) is 38.9 Å². The summed E-state index contributed by atoms with van der Waals surface area (Å²) in [6.45, 7) is 3.32. The van der Waals surface area contributed by atoms with Crippen LogP contribution in [0.25, 0.3) is 11.0 Å². The van der Waals surface area contributed by atoms with Crippen LogP contribution < -0.4 is 11.1 Å². The molecule has 0 spiro atoms. The van der Waals surface area contributed by atoms with E-state index in [9.17, 15) is 22.8 Å². The van der Waals surface area contributed by atoms with Gasteiger partial charge in [-0.2, -0.15) is 4.31 Å². The second-order valence-electron chi connectivity index (χ2n) is 5.26. The van der Waals surface area contributed by atoms with Gasteiger partial charge in [0.15, 0.2) is 0 Å². The second kappa shape index (κ2) is 7.62. The van der Waals surface area contributed by atoms with Crippen LogP contribution in [0.5, 0.6) is 0 Å². The Kier molecular flexibility index (Phi) is 5.75. The third-order valence-electron chi connectivity index (χ3n) is 3.42. The maximum atomic E-state index is 12.8. The van der Waals surface area contributed by atoms with E-state index in [0.29, 0.717) is 11.9 Å². The maximum absolute atomic E-state index is 12.8. The van der Waals surface area contributed by atoms with Crippen molar-refractivity contribution in [1.82, 2.24) is 14.3 Å². The fourth-order valence-electron chi connectivity index (χ4n) is 2.29. The van der Waals surface area contributed by atoms with Gasteiger partial charge in [0.05, 0.1) is 22.5 Å². The zero-order valence-corrected chi connectivity index (χ0v) is 14.7. The fourth-order valence-corrected chi connectivity index (χ4v) is 3.79. The lowest BCUT2D eigenvalue weighted by Crippen LogP contribution is -2.37. The summed E-state index contributed by atoms with van der Waals surface area (Å²) in [4.78, 5) is 39.0. The lowest BCUT2D eigenvalue weighted by atomic mass is 10.3. The Labute approximate surface area is 143 Å². The molecule has 2 N–H and O–H groups in total. The van der Waals surface area contributed by atoms with Crippen LogP contribution in [-0.2, 0) is 19.6 Å². The van der Waals surface area contributed by atoms with Crippen molar-refractivity contribution < 1.29 is 17.9 Å². The number of benzene rings is 1. The van der Waals surface area contributed by atoms with Gasteiger partial charge in [0, 0.05) is 6.54 Å². The van der Waals surface area contributed by atoms with Crippen LogP contribution in [0.4, 0.5) is 0 Å². The number of nitrogens with zero attached hydrogens (tertiary/aromatic N) is 1. The molecule has 25 heavy (non-hydrogen) atoms. The van der Waals surface area contributed by atoms with Crippen molar-refractivity contribution in [2.45, 2.75) is 25.2 Å². The summed E-state index contributed by atoms with van der Waals surface area (Å²) >= 11 is 0. The molecule has 2 rings (SSSR count). The molecule has 2 aromatic rings. The van der Waals surface area contributed by atoms with Crippen molar-refractivity contribution in [2.24, 2.45) is 0 Å². The van der Waals surface area contributed by atoms with Gasteiger partial charge in [0.25, 0.3) is 0 Å². The Balaban J connectivity index is 2.46. The number of aromatic nitrogens is 2. The standard InChI is InChI=1S/C15H19N3O6S/c1-3-7-18(9-13(19)24-4-2)25(22,23)10-5-6-11-12(8-10)17-15(21)14(20)16-11/h5-6,8H,3-4,7,9H2,1-2H3,(H,16,20)(H,17,21). The van der Waals surface area contributed by atoms with Crippen LogP contribution in [0.1, 0.15) is 20.3 Å². The molecule has 1 aromatic carbocycles. The SMILES string of the molecule is CCCN(CC(=O)OCC)S(=O)(=O)c1ccc2[nH]c(=O)c(=O)[nH]c2c1. The van der Waals surface area contributed by atoms with Crippen molar-refractivity contribution in [2.75, 3.05) is 19.7 Å². The highest BCUT2D eigenvalue weighted by atomic mass is 32.2. The molecule has 0 aliphatic heterocycles. The van der Waals surface area contributed by atoms with Crippen molar-refractivity contribution in [3.63, 3.8) is 0 Å². The molecule has 0 radical (unpaired) electrons. The zero-order chi connectivity index (χ0) is 18.6. The van der Waals surface area contributed by atoms with Crippen LogP contribution >= 0.6 is 0 Å². The van der Waals surface area contributed by atoms with Crippen molar-refractivity contribution in [3.8, 4) is 0 Å². The maximum Gasteiger partial charge on any atom is 0.321 e. The summed E-state index contributed by atoms with van der Waals surface area (Å²) < 4.78 is 31.5. The predicted octanol–water partition coefficient (Wildman–Crippen LogP) is 0.180. The van der Waals surface area contributed by atoms with Gasteiger partial charge in [-0.15, -0.1) is 0 Å². The first-order chi connectivity index (χ1) is 11.8. The molecule has 9 nitrogen and oxygen atoms in total. The van der Waals surface area contributed by atoms with Crippen LogP contribution in [0.2, 0.25) is 0 Å². The average Bonchev–Trinajstić information content (AvgIpc) is 2.55. The molecule has 0 aliphatic rings. The number of carbonyl (C=O) groups is 1. The number of hydrogen-bond donors (Lipinski definition) is 2. The van der Waals surface area contributed by atoms with E-state index in [1.54, 1.807) is 13.8 Å². The van der Waals surface area contributed by atoms with Gasteiger partial charge in [0.2, 0.25) is 10.0 Å². The number of aromatic amines is 2. The Hall–Kier alpha value is -2.46. The number of hydrogen-bond acceptors (Lipinski definition) is 6. The highest BCUT2D eigenvalue weighted by Gasteiger charge is 2.26. The van der Waals surface area contributed by atoms with Gasteiger partial charge >= 0.3 is 17.1 Å². The van der Waals surface area contributed by atoms with E-state index < -0.39 is 33.7 Å². The lowest BCUT2D eigenvalue weighted by molar-refractivity contribution is -0.143. The molecular formula is C15H19N3O6S. The normalized spacial score (nSPS) is 11.8. The molecule has 0 amide bonds. The van der Waals surface area contributed by atoms with Gasteiger partial charge in [0.1, 0.15) is 6.54 Å². The van der Waals surface area contributed by atoms with Crippen LogP contribution in [0.3, 0.4) is 0 Å². The topological polar surface area (TPSA) is 129 Å². The third-order valence-corrected chi connectivity index (χ3v) is 5.26. The van der Waals surface area contributed by atoms with E-state index in [1.165, 1.54) is 18.2 Å². The molecule has 0 aliphatic carbocycles. The van der Waals surface area contributed by atoms with E-state index in [0.717, 1.165) is 4.31 Å². The minimum Gasteiger partial charge on any atom is -0.465 e. The lowest BCUT2D eigenvalue weighted by Gasteiger charge is -2.20. The summed E-state index contributed by atoms with van der Waals surface area (Å²) in [5.41, 5.74) is -1.22. The molecule has 0 bridgehead atoms. The minimum atomic E-state index is -3.97. The van der Waals surface area contributed by atoms with Crippen LogP contribution in [0.15, 0.2) is 32.7 Å². The van der Waals surface area contributed by atoms with Crippen LogP contribution in [0, 0.1) is 0 Å². The molecule has 1 aromatic heterocycles. The number of esters is 1. The molecular weight excluding hydrogens is 350 g/mol. The molecule has 0 saturated heterocycles. The Morgan fingerprint density at radius 1 is 1.12 bits per heavy atom. The first-order valence-corrected chi connectivity index (χ1v) is 9.15. The second-order valence-corrected chi connectivity index (χ2v) is 7.20. The number of carbonyl (C=O) groups excluding carboxylic acids is 1. The van der Waals surface area contributed by atoms with Gasteiger partial charge in [-0.25, -0.2) is 8.42 Å². The summed E-state index contributed by atoms with van der Waals surface area (Å²) in [5, 5.41) is 0. The van der Waals surface area contributed by atoms with Crippen molar-refractivity contribution in [1.29, 1.82) is 0 Å². The largest absolute Gasteiger partial charge is 0.465 e. The van der Waals surface area contributed by atoms with Gasteiger partial charge < -0.3 is 14.7 Å². The van der Waals surface area contributed by atoms with E-state index in [1.807, 2.05) is 0 Å². The Morgan fingerprint density at radius 2 is 1.76 bits per heavy atom. The van der Waals surface area contributed by atoms with E-state index in [-0.39, 0.29) is 23.6 Å². The summed E-state index contributed by atoms with van der Waals surface area (Å²) in [5.74, 6) is -0.641. The molecule has 10 heteroatoms. The zero-order valence-electron chi connectivity index (χ0n) is 13.9. The number of ether oxygens (including phenoxy) is 1. The first-order valence-electron chi connectivity index (χ1n) is 7.71. The molecule has 0 fully saturated rings. The summed E-state index contributed by atoms with van der Waals surface area (Å²) in [6.07, 6.45) is 0.510. The number of H-pyrrole nitrogens is 2. The Bertz CT molecular complexity index is 992. The van der Waals surface area contributed by atoms with E-state index >= 15 is 0 Å².